The Morgan fingerprint density at radius 2 is 1.94 bits per heavy atom. The Morgan fingerprint density at radius 3 is 2.82 bits per heavy atom. The summed E-state index contributed by atoms with van der Waals surface area (Å²) in [5.74, 6) is 1.63. The highest BCUT2D eigenvalue weighted by Gasteiger charge is 2.38. The molecule has 2 heterocycles. The van der Waals surface area contributed by atoms with Gasteiger partial charge >= 0.3 is 0 Å². The number of aliphatic imine (C=N–C) groups is 1. The van der Waals surface area contributed by atoms with Crippen LogP contribution in [0.5, 0.6) is 0 Å². The van der Waals surface area contributed by atoms with Crippen LogP contribution in [0.3, 0.4) is 0 Å². The van der Waals surface area contributed by atoms with Crippen LogP contribution in [-0.4, -0.2) is 30.2 Å². The van der Waals surface area contributed by atoms with Gasteiger partial charge in [-0.05, 0) is 38.5 Å². The van der Waals surface area contributed by atoms with Gasteiger partial charge in [-0.1, -0.05) is 0 Å². The molecule has 0 radical (unpaired) electrons. The molecule has 4 atom stereocenters. The topological polar surface area (TPSA) is 42.8 Å². The molecule has 92 valence electrons. The van der Waals surface area contributed by atoms with Gasteiger partial charge in [-0.25, -0.2) is 4.99 Å². The Kier molecular flexibility index (Phi) is 2.11. The monoisotopic (exact) mass is 234 g/mol. The minimum atomic E-state index is 0.336. The molecule has 0 aromatic rings. The van der Waals surface area contributed by atoms with Gasteiger partial charge in [0.2, 0.25) is 5.90 Å². The molecule has 0 amide bonds. The summed E-state index contributed by atoms with van der Waals surface area (Å²) in [7, 11) is 0. The molecule has 0 aromatic carbocycles. The standard InChI is InChI=1S/C13H18N2O2/c1-3-8-10(5-1)16-12(14-8)7-13-15-9-4-2-6-11(9)17-13/h7-11,14H,1-6H2/b12-7-/t8-,9-,10+,11+/m0/s1. The van der Waals surface area contributed by atoms with Gasteiger partial charge in [0.25, 0.3) is 0 Å². The van der Waals surface area contributed by atoms with E-state index in [2.05, 4.69) is 10.3 Å². The summed E-state index contributed by atoms with van der Waals surface area (Å²) in [6.45, 7) is 0. The highest BCUT2D eigenvalue weighted by atomic mass is 16.5. The lowest BCUT2D eigenvalue weighted by molar-refractivity contribution is 0.160. The van der Waals surface area contributed by atoms with Crippen molar-refractivity contribution in [3.05, 3.63) is 12.0 Å². The van der Waals surface area contributed by atoms with Gasteiger partial charge in [-0.3, -0.25) is 0 Å². The largest absolute Gasteiger partial charge is 0.474 e. The summed E-state index contributed by atoms with van der Waals surface area (Å²) in [4.78, 5) is 4.61. The highest BCUT2D eigenvalue weighted by molar-refractivity contribution is 5.89. The number of hydrogen-bond acceptors (Lipinski definition) is 4. The van der Waals surface area contributed by atoms with Crippen LogP contribution in [0.2, 0.25) is 0 Å². The molecule has 1 saturated heterocycles. The van der Waals surface area contributed by atoms with Crippen LogP contribution in [0.1, 0.15) is 38.5 Å². The lowest BCUT2D eigenvalue weighted by Crippen LogP contribution is -2.24. The molecule has 0 aromatic heterocycles. The van der Waals surface area contributed by atoms with Crippen molar-refractivity contribution >= 4 is 5.90 Å². The molecule has 4 rings (SSSR count). The molecular formula is C13H18N2O2. The van der Waals surface area contributed by atoms with Gasteiger partial charge in [-0.2, -0.15) is 0 Å². The third kappa shape index (κ3) is 1.61. The number of ether oxygens (including phenoxy) is 2. The lowest BCUT2D eigenvalue weighted by Gasteiger charge is -2.07. The van der Waals surface area contributed by atoms with E-state index in [-0.39, 0.29) is 0 Å². The molecule has 0 bridgehead atoms. The van der Waals surface area contributed by atoms with Gasteiger partial charge in [-0.15, -0.1) is 0 Å². The van der Waals surface area contributed by atoms with Gasteiger partial charge in [0, 0.05) is 0 Å². The van der Waals surface area contributed by atoms with E-state index in [0.717, 1.165) is 18.2 Å². The van der Waals surface area contributed by atoms with Crippen molar-refractivity contribution in [2.45, 2.75) is 62.8 Å². The average molecular weight is 234 g/mol. The third-order valence-corrected chi connectivity index (χ3v) is 4.30. The molecule has 4 nitrogen and oxygen atoms in total. The second-order valence-electron chi connectivity index (χ2n) is 5.47. The number of nitrogens with zero attached hydrogens (tertiary/aromatic N) is 1. The number of fused-ring (bicyclic) bond motifs is 2. The molecule has 2 saturated carbocycles. The fourth-order valence-electron chi connectivity index (χ4n) is 3.41. The number of nitrogens with one attached hydrogen (secondary N) is 1. The van der Waals surface area contributed by atoms with Crippen LogP contribution in [-0.2, 0) is 9.47 Å². The first kappa shape index (κ1) is 9.80. The minimum Gasteiger partial charge on any atom is -0.474 e. The summed E-state index contributed by atoms with van der Waals surface area (Å²) in [6.07, 6.45) is 9.91. The fourth-order valence-corrected chi connectivity index (χ4v) is 3.41. The van der Waals surface area contributed by atoms with E-state index in [9.17, 15) is 0 Å². The first-order chi connectivity index (χ1) is 8.38. The normalized spacial score (nSPS) is 44.9. The molecule has 17 heavy (non-hydrogen) atoms. The molecular weight excluding hydrogens is 216 g/mol. The summed E-state index contributed by atoms with van der Waals surface area (Å²) in [5, 5.41) is 3.42. The van der Waals surface area contributed by atoms with E-state index in [1.807, 2.05) is 6.08 Å². The Balaban J connectivity index is 1.47. The Bertz CT molecular complexity index is 377. The summed E-state index contributed by atoms with van der Waals surface area (Å²) < 4.78 is 11.7. The third-order valence-electron chi connectivity index (χ3n) is 4.30. The Morgan fingerprint density at radius 1 is 1.06 bits per heavy atom. The summed E-state index contributed by atoms with van der Waals surface area (Å²) >= 11 is 0. The van der Waals surface area contributed by atoms with Crippen LogP contribution < -0.4 is 5.32 Å². The Labute approximate surface area is 101 Å². The van der Waals surface area contributed by atoms with E-state index in [0.29, 0.717) is 24.3 Å². The van der Waals surface area contributed by atoms with Crippen molar-refractivity contribution in [3.8, 4) is 0 Å². The van der Waals surface area contributed by atoms with Crippen LogP contribution in [0, 0.1) is 0 Å². The van der Waals surface area contributed by atoms with Crippen LogP contribution in [0.15, 0.2) is 17.0 Å². The van der Waals surface area contributed by atoms with Crippen molar-refractivity contribution in [2.75, 3.05) is 0 Å². The van der Waals surface area contributed by atoms with E-state index < -0.39 is 0 Å². The zero-order valence-corrected chi connectivity index (χ0v) is 9.89. The maximum absolute atomic E-state index is 5.86. The zero-order chi connectivity index (χ0) is 11.2. The Hall–Kier alpha value is -1.19. The van der Waals surface area contributed by atoms with E-state index in [1.54, 1.807) is 0 Å². The summed E-state index contributed by atoms with van der Waals surface area (Å²) in [6, 6.07) is 0.922. The molecule has 3 fully saturated rings. The van der Waals surface area contributed by atoms with Gasteiger partial charge in [0.15, 0.2) is 5.88 Å². The maximum Gasteiger partial charge on any atom is 0.214 e. The second kappa shape index (κ2) is 3.65. The zero-order valence-electron chi connectivity index (χ0n) is 9.89. The smallest absolute Gasteiger partial charge is 0.214 e. The molecule has 0 spiro atoms. The van der Waals surface area contributed by atoms with Crippen molar-refractivity contribution in [1.29, 1.82) is 0 Å². The van der Waals surface area contributed by atoms with Crippen LogP contribution in [0.4, 0.5) is 0 Å². The minimum absolute atomic E-state index is 0.336. The fraction of sp³-hybridized carbons (Fsp3) is 0.769. The predicted molar refractivity (Wildman–Crippen MR) is 63.7 cm³/mol. The number of rotatable bonds is 1. The molecule has 1 N–H and O–H groups in total. The van der Waals surface area contributed by atoms with E-state index in [1.165, 1.54) is 32.1 Å². The van der Waals surface area contributed by atoms with E-state index >= 15 is 0 Å². The quantitative estimate of drug-likeness (QED) is 0.751. The van der Waals surface area contributed by atoms with Crippen LogP contribution >= 0.6 is 0 Å². The molecule has 0 unspecified atom stereocenters. The molecule has 2 aliphatic carbocycles. The van der Waals surface area contributed by atoms with Gasteiger partial charge in [0.05, 0.1) is 18.2 Å². The first-order valence-electron chi connectivity index (χ1n) is 6.78. The molecule has 4 heteroatoms. The number of hydrogen-bond donors (Lipinski definition) is 1. The average Bonchev–Trinajstić information content (AvgIpc) is 2.93. The lowest BCUT2D eigenvalue weighted by atomic mass is 10.2. The summed E-state index contributed by atoms with van der Waals surface area (Å²) in [5.41, 5.74) is 0. The highest BCUT2D eigenvalue weighted by Crippen LogP contribution is 2.32. The first-order valence-corrected chi connectivity index (χ1v) is 6.78. The maximum atomic E-state index is 5.86. The predicted octanol–water partition coefficient (Wildman–Crippen LogP) is 1.72. The van der Waals surface area contributed by atoms with Crippen molar-refractivity contribution in [1.82, 2.24) is 5.32 Å². The van der Waals surface area contributed by atoms with Crippen molar-refractivity contribution in [3.63, 3.8) is 0 Å². The molecule has 4 aliphatic rings. The SMILES string of the molecule is C(/C1=N[C@H]2CCC[C@H]2O1)=C1\N[C@H]2CCC[C@H]2O1. The van der Waals surface area contributed by atoms with Gasteiger partial charge in [0.1, 0.15) is 12.2 Å². The van der Waals surface area contributed by atoms with Crippen LogP contribution in [0.25, 0.3) is 0 Å². The van der Waals surface area contributed by atoms with Crippen molar-refractivity contribution < 1.29 is 9.47 Å². The molecule has 2 aliphatic heterocycles. The van der Waals surface area contributed by atoms with E-state index in [4.69, 9.17) is 9.47 Å². The van der Waals surface area contributed by atoms with Crippen molar-refractivity contribution in [2.24, 2.45) is 4.99 Å². The van der Waals surface area contributed by atoms with Gasteiger partial charge < -0.3 is 14.8 Å². The second-order valence-corrected chi connectivity index (χ2v) is 5.47.